The SMILES string of the molecule is COc1ccc(C=C(C#N)C(=O)OCc2nc(-c3ccc(C)cc3)no2)cc1. The number of carbonyl (C=O) groups excluding carboxylic acids is 1. The Hall–Kier alpha value is -3.92. The molecule has 0 bridgehead atoms. The number of nitrogens with zero attached hydrogens (tertiary/aromatic N) is 3. The molecule has 28 heavy (non-hydrogen) atoms. The summed E-state index contributed by atoms with van der Waals surface area (Å²) in [5, 5.41) is 13.1. The number of hydrogen-bond donors (Lipinski definition) is 0. The molecule has 1 aromatic heterocycles. The van der Waals surface area contributed by atoms with E-state index in [2.05, 4.69) is 10.1 Å². The van der Waals surface area contributed by atoms with E-state index in [1.54, 1.807) is 31.4 Å². The zero-order chi connectivity index (χ0) is 19.9. The molecule has 0 aliphatic carbocycles. The van der Waals surface area contributed by atoms with Crippen LogP contribution in [0.3, 0.4) is 0 Å². The lowest BCUT2D eigenvalue weighted by Gasteiger charge is -2.02. The van der Waals surface area contributed by atoms with Crippen LogP contribution in [-0.4, -0.2) is 23.2 Å². The Balaban J connectivity index is 1.64. The molecular formula is C21H17N3O4. The molecule has 7 heteroatoms. The van der Waals surface area contributed by atoms with Gasteiger partial charge in [0.2, 0.25) is 5.82 Å². The Kier molecular flexibility index (Phi) is 5.82. The van der Waals surface area contributed by atoms with E-state index in [0.29, 0.717) is 17.1 Å². The summed E-state index contributed by atoms with van der Waals surface area (Å²) in [4.78, 5) is 16.4. The Labute approximate surface area is 161 Å². The van der Waals surface area contributed by atoms with Gasteiger partial charge in [0.25, 0.3) is 5.89 Å². The second kappa shape index (κ2) is 8.64. The molecule has 0 saturated heterocycles. The smallest absolute Gasteiger partial charge is 0.349 e. The maximum Gasteiger partial charge on any atom is 0.349 e. The predicted molar refractivity (Wildman–Crippen MR) is 101 cm³/mol. The molecule has 140 valence electrons. The average molecular weight is 375 g/mol. The zero-order valence-corrected chi connectivity index (χ0v) is 15.4. The monoisotopic (exact) mass is 375 g/mol. The Morgan fingerprint density at radius 1 is 1.18 bits per heavy atom. The van der Waals surface area contributed by atoms with Crippen molar-refractivity contribution >= 4 is 12.0 Å². The summed E-state index contributed by atoms with van der Waals surface area (Å²) >= 11 is 0. The van der Waals surface area contributed by atoms with Crippen LogP contribution in [0.2, 0.25) is 0 Å². The number of esters is 1. The van der Waals surface area contributed by atoms with E-state index >= 15 is 0 Å². The fourth-order valence-corrected chi connectivity index (χ4v) is 2.34. The van der Waals surface area contributed by atoms with Gasteiger partial charge in [0.15, 0.2) is 6.61 Å². The molecule has 1 heterocycles. The molecule has 3 rings (SSSR count). The first-order valence-electron chi connectivity index (χ1n) is 8.41. The van der Waals surface area contributed by atoms with Gasteiger partial charge in [-0.3, -0.25) is 0 Å². The van der Waals surface area contributed by atoms with Crippen LogP contribution in [0.25, 0.3) is 17.5 Å². The van der Waals surface area contributed by atoms with E-state index in [1.807, 2.05) is 37.3 Å². The molecule has 0 amide bonds. The summed E-state index contributed by atoms with van der Waals surface area (Å²) in [6.45, 7) is 1.76. The Morgan fingerprint density at radius 3 is 2.54 bits per heavy atom. The van der Waals surface area contributed by atoms with E-state index in [0.717, 1.165) is 11.1 Å². The fraction of sp³-hybridized carbons (Fsp3) is 0.143. The highest BCUT2D eigenvalue weighted by molar-refractivity contribution is 5.97. The van der Waals surface area contributed by atoms with Gasteiger partial charge in [-0.1, -0.05) is 47.1 Å². The molecule has 0 N–H and O–H groups in total. The minimum Gasteiger partial charge on any atom is -0.497 e. The van der Waals surface area contributed by atoms with E-state index in [-0.39, 0.29) is 18.1 Å². The van der Waals surface area contributed by atoms with Gasteiger partial charge in [-0.2, -0.15) is 10.2 Å². The summed E-state index contributed by atoms with van der Waals surface area (Å²) in [6.07, 6.45) is 1.44. The van der Waals surface area contributed by atoms with Crippen molar-refractivity contribution in [1.82, 2.24) is 10.1 Å². The first kappa shape index (κ1) is 18.9. The standard InChI is InChI=1S/C21H17N3O4/c1-14-3-7-16(8-4-14)20-23-19(28-24-20)13-27-21(25)17(12-22)11-15-5-9-18(26-2)10-6-15/h3-11H,13H2,1-2H3. The topological polar surface area (TPSA) is 98.2 Å². The maximum absolute atomic E-state index is 12.2. The molecule has 0 aliphatic heterocycles. The third-order valence-electron chi connectivity index (χ3n) is 3.87. The normalized spacial score (nSPS) is 11.0. The summed E-state index contributed by atoms with van der Waals surface area (Å²) in [6, 6.07) is 16.4. The molecule has 0 spiro atoms. The molecule has 0 aliphatic rings. The highest BCUT2D eigenvalue weighted by atomic mass is 16.6. The number of carbonyl (C=O) groups is 1. The number of ether oxygens (including phenoxy) is 2. The molecule has 0 radical (unpaired) electrons. The number of nitriles is 1. The van der Waals surface area contributed by atoms with Crippen molar-refractivity contribution in [2.24, 2.45) is 0 Å². The number of aromatic nitrogens is 2. The lowest BCUT2D eigenvalue weighted by atomic mass is 10.1. The van der Waals surface area contributed by atoms with Gasteiger partial charge in [0, 0.05) is 5.56 Å². The van der Waals surface area contributed by atoms with Crippen LogP contribution in [0.5, 0.6) is 5.75 Å². The van der Waals surface area contributed by atoms with Crippen LogP contribution >= 0.6 is 0 Å². The van der Waals surface area contributed by atoms with Gasteiger partial charge in [-0.25, -0.2) is 4.79 Å². The number of hydrogen-bond acceptors (Lipinski definition) is 7. The molecule has 0 unspecified atom stereocenters. The minimum atomic E-state index is -0.770. The number of aryl methyl sites for hydroxylation is 1. The van der Waals surface area contributed by atoms with E-state index < -0.39 is 5.97 Å². The van der Waals surface area contributed by atoms with Gasteiger partial charge < -0.3 is 14.0 Å². The molecule has 0 atom stereocenters. The second-order valence-electron chi connectivity index (χ2n) is 5.90. The van der Waals surface area contributed by atoms with E-state index in [9.17, 15) is 10.1 Å². The molecule has 0 fully saturated rings. The van der Waals surface area contributed by atoms with E-state index in [4.69, 9.17) is 14.0 Å². The molecule has 3 aromatic rings. The van der Waals surface area contributed by atoms with Gasteiger partial charge in [-0.15, -0.1) is 0 Å². The van der Waals surface area contributed by atoms with Crippen molar-refractivity contribution in [3.63, 3.8) is 0 Å². The Morgan fingerprint density at radius 2 is 1.89 bits per heavy atom. The van der Waals surface area contributed by atoms with E-state index in [1.165, 1.54) is 6.08 Å². The molecule has 2 aromatic carbocycles. The van der Waals surface area contributed by atoms with Crippen molar-refractivity contribution < 1.29 is 18.8 Å². The van der Waals surface area contributed by atoms with Crippen molar-refractivity contribution in [3.8, 4) is 23.2 Å². The fourth-order valence-electron chi connectivity index (χ4n) is 2.34. The largest absolute Gasteiger partial charge is 0.497 e. The number of methoxy groups -OCH3 is 1. The summed E-state index contributed by atoms with van der Waals surface area (Å²) in [5.41, 5.74) is 2.45. The highest BCUT2D eigenvalue weighted by Crippen LogP contribution is 2.17. The van der Waals surface area contributed by atoms with Gasteiger partial charge in [0.1, 0.15) is 17.4 Å². The maximum atomic E-state index is 12.2. The van der Waals surface area contributed by atoms with Crippen LogP contribution < -0.4 is 4.74 Å². The van der Waals surface area contributed by atoms with Crippen molar-refractivity contribution in [1.29, 1.82) is 5.26 Å². The summed E-state index contributed by atoms with van der Waals surface area (Å²) in [5.74, 6) is 0.457. The van der Waals surface area contributed by atoms with Gasteiger partial charge >= 0.3 is 5.97 Å². The molecular weight excluding hydrogens is 358 g/mol. The number of rotatable bonds is 6. The summed E-state index contributed by atoms with van der Waals surface area (Å²) < 4.78 is 15.3. The first-order valence-corrected chi connectivity index (χ1v) is 8.41. The lowest BCUT2D eigenvalue weighted by molar-refractivity contribution is -0.140. The second-order valence-corrected chi connectivity index (χ2v) is 5.90. The van der Waals surface area contributed by atoms with Crippen LogP contribution in [-0.2, 0) is 16.1 Å². The van der Waals surface area contributed by atoms with Gasteiger partial charge in [0.05, 0.1) is 7.11 Å². The minimum absolute atomic E-state index is 0.136. The third kappa shape index (κ3) is 4.62. The van der Waals surface area contributed by atoms with Gasteiger partial charge in [-0.05, 0) is 30.7 Å². The van der Waals surface area contributed by atoms with Crippen molar-refractivity contribution in [2.75, 3.05) is 7.11 Å². The summed E-state index contributed by atoms with van der Waals surface area (Å²) in [7, 11) is 1.56. The highest BCUT2D eigenvalue weighted by Gasteiger charge is 2.14. The molecule has 7 nitrogen and oxygen atoms in total. The van der Waals surface area contributed by atoms with Crippen LogP contribution in [0.15, 0.2) is 58.6 Å². The zero-order valence-electron chi connectivity index (χ0n) is 15.4. The third-order valence-corrected chi connectivity index (χ3v) is 3.87. The number of benzene rings is 2. The van der Waals surface area contributed by atoms with Crippen molar-refractivity contribution in [2.45, 2.75) is 13.5 Å². The van der Waals surface area contributed by atoms with Crippen LogP contribution in [0.4, 0.5) is 0 Å². The molecule has 0 saturated carbocycles. The Bertz CT molecular complexity index is 1030. The van der Waals surface area contributed by atoms with Crippen LogP contribution in [0.1, 0.15) is 17.0 Å². The first-order chi connectivity index (χ1) is 13.6. The lowest BCUT2D eigenvalue weighted by Crippen LogP contribution is -2.07. The quantitative estimate of drug-likeness (QED) is 0.368. The predicted octanol–water partition coefficient (Wildman–Crippen LogP) is 3.70. The van der Waals surface area contributed by atoms with Crippen molar-refractivity contribution in [3.05, 3.63) is 71.1 Å². The van der Waals surface area contributed by atoms with Crippen LogP contribution in [0, 0.1) is 18.3 Å². The average Bonchev–Trinajstić information content (AvgIpc) is 3.20.